The monoisotopic (exact) mass is 407 g/mol. The number of carbonyl (C=O) groups excluding carboxylic acids is 1. The first-order chi connectivity index (χ1) is 13.6. The van der Waals surface area contributed by atoms with Gasteiger partial charge in [0.25, 0.3) is 5.91 Å². The number of hydrogen-bond donors (Lipinski definition) is 2. The van der Waals surface area contributed by atoms with E-state index in [9.17, 15) is 27.5 Å². The van der Waals surface area contributed by atoms with Gasteiger partial charge in [-0.3, -0.25) is 9.48 Å². The van der Waals surface area contributed by atoms with Gasteiger partial charge in [0.2, 0.25) is 0 Å². The van der Waals surface area contributed by atoms with Crippen molar-refractivity contribution in [2.75, 3.05) is 5.32 Å². The third-order valence-electron chi connectivity index (χ3n) is 4.49. The average Bonchev–Trinajstić information content (AvgIpc) is 3.26. The Morgan fingerprint density at radius 3 is 2.62 bits per heavy atom. The molecule has 150 valence electrons. The van der Waals surface area contributed by atoms with Crippen molar-refractivity contribution in [3.8, 4) is 16.9 Å². The highest BCUT2D eigenvalue weighted by molar-refractivity contribution is 6.17. The van der Waals surface area contributed by atoms with Crippen LogP contribution in [0.25, 0.3) is 22.3 Å². The van der Waals surface area contributed by atoms with Gasteiger partial charge in [-0.2, -0.15) is 18.3 Å². The first kappa shape index (κ1) is 18.8. The summed E-state index contributed by atoms with van der Waals surface area (Å²) in [4.78, 5) is 12.9. The van der Waals surface area contributed by atoms with Crippen molar-refractivity contribution in [3.63, 3.8) is 0 Å². The minimum atomic E-state index is -4.70. The zero-order chi connectivity index (χ0) is 21.1. The van der Waals surface area contributed by atoms with Gasteiger partial charge in [0, 0.05) is 30.4 Å². The van der Waals surface area contributed by atoms with Gasteiger partial charge in [-0.15, -0.1) is 0 Å². The Kier molecular flexibility index (Phi) is 4.03. The van der Waals surface area contributed by atoms with E-state index in [1.54, 1.807) is 20.2 Å². The molecular weight excluding hydrogens is 394 g/mol. The molecule has 0 radical (unpaired) electrons. The second-order valence-electron chi connectivity index (χ2n) is 6.52. The quantitative estimate of drug-likeness (QED) is 0.483. The number of nitrogens with one attached hydrogen (secondary N) is 1. The van der Waals surface area contributed by atoms with Gasteiger partial charge in [0.1, 0.15) is 11.4 Å². The van der Waals surface area contributed by atoms with Gasteiger partial charge in [0.15, 0.2) is 11.3 Å². The van der Waals surface area contributed by atoms with E-state index in [0.717, 1.165) is 0 Å². The third kappa shape index (κ3) is 3.06. The Balaban J connectivity index is 1.79. The summed E-state index contributed by atoms with van der Waals surface area (Å²) in [6.45, 7) is 1.68. The Bertz CT molecular complexity index is 1240. The molecule has 3 aromatic heterocycles. The minimum Gasteiger partial charge on any atom is -0.504 e. The normalized spacial score (nSPS) is 12.1. The number of nitrogens with zero attached hydrogens (tertiary/aromatic N) is 2. The van der Waals surface area contributed by atoms with Crippen LogP contribution in [0, 0.1) is 12.7 Å². The topological polar surface area (TPSA) is 80.3 Å². The lowest BCUT2D eigenvalue weighted by Crippen LogP contribution is -2.15. The maximum atomic E-state index is 14.0. The number of phenols is 1. The summed E-state index contributed by atoms with van der Waals surface area (Å²) in [6, 6.07) is 2.94. The van der Waals surface area contributed by atoms with Crippen LogP contribution in [0.5, 0.6) is 5.75 Å². The van der Waals surface area contributed by atoms with Crippen LogP contribution in [0.15, 0.2) is 34.9 Å². The van der Waals surface area contributed by atoms with Crippen molar-refractivity contribution in [1.29, 1.82) is 0 Å². The molecule has 0 unspecified atom stereocenters. The molecule has 3 heterocycles. The number of furan rings is 2. The molecule has 10 heteroatoms. The summed E-state index contributed by atoms with van der Waals surface area (Å²) in [5, 5.41) is 16.4. The highest BCUT2D eigenvalue weighted by Gasteiger charge is 2.32. The van der Waals surface area contributed by atoms with Crippen molar-refractivity contribution in [1.82, 2.24) is 9.78 Å². The summed E-state index contributed by atoms with van der Waals surface area (Å²) in [5.74, 6) is -2.10. The predicted molar refractivity (Wildman–Crippen MR) is 95.4 cm³/mol. The number of anilines is 1. The summed E-state index contributed by atoms with van der Waals surface area (Å²) in [6.07, 6.45) is -3.09. The molecule has 0 aliphatic carbocycles. The number of hydrogen-bond acceptors (Lipinski definition) is 4. The van der Waals surface area contributed by atoms with E-state index < -0.39 is 29.2 Å². The van der Waals surface area contributed by atoms with Gasteiger partial charge >= 0.3 is 6.18 Å². The number of alkyl halides is 3. The molecule has 4 aromatic rings. The van der Waals surface area contributed by atoms with E-state index in [4.69, 9.17) is 4.42 Å². The highest BCUT2D eigenvalue weighted by atomic mass is 19.4. The zero-order valence-corrected chi connectivity index (χ0v) is 15.1. The van der Waals surface area contributed by atoms with E-state index in [2.05, 4.69) is 10.4 Å². The average molecular weight is 407 g/mol. The van der Waals surface area contributed by atoms with Crippen molar-refractivity contribution < 1.29 is 31.9 Å². The predicted octanol–water partition coefficient (Wildman–Crippen LogP) is 4.70. The van der Waals surface area contributed by atoms with E-state index in [1.807, 2.05) is 0 Å². The van der Waals surface area contributed by atoms with E-state index in [0.29, 0.717) is 29.5 Å². The molecule has 0 atom stereocenters. The number of phenolic OH excluding ortho intramolecular Hbond substituents is 1. The fraction of sp³-hybridized carbons (Fsp3) is 0.158. The Morgan fingerprint density at radius 1 is 1.28 bits per heavy atom. The molecule has 6 nitrogen and oxygen atoms in total. The third-order valence-corrected chi connectivity index (χ3v) is 4.49. The lowest BCUT2D eigenvalue weighted by molar-refractivity contribution is -0.137. The zero-order valence-electron chi connectivity index (χ0n) is 15.1. The van der Waals surface area contributed by atoms with Crippen LogP contribution >= 0.6 is 0 Å². The van der Waals surface area contributed by atoms with E-state index in [1.165, 1.54) is 10.7 Å². The standard InChI is InChI=1S/C19H13F4N3O3/c1-8-10(7-26(2)25-8)15-16(14-6-13(27)17(15)29-14)18(28)24-12-5-9(19(21,22)23)3-4-11(12)20/h3-7,27H,1-2H3,(H,24,28). The Morgan fingerprint density at radius 2 is 2.00 bits per heavy atom. The fourth-order valence-electron chi connectivity index (χ4n) is 3.23. The second-order valence-corrected chi connectivity index (χ2v) is 6.52. The molecule has 2 bridgehead atoms. The Hall–Kier alpha value is -3.56. The highest BCUT2D eigenvalue weighted by Crippen LogP contribution is 2.44. The number of halogens is 4. The molecule has 29 heavy (non-hydrogen) atoms. The first-order valence-corrected chi connectivity index (χ1v) is 8.32. The lowest BCUT2D eigenvalue weighted by atomic mass is 9.99. The van der Waals surface area contributed by atoms with Crippen LogP contribution in [0.1, 0.15) is 21.6 Å². The van der Waals surface area contributed by atoms with Crippen LogP contribution in [0.3, 0.4) is 0 Å². The second kappa shape index (κ2) is 6.23. The molecule has 0 saturated carbocycles. The molecule has 0 saturated heterocycles. The lowest BCUT2D eigenvalue weighted by Gasteiger charge is -2.11. The number of benzene rings is 2. The molecule has 2 N–H and O–H groups in total. The maximum absolute atomic E-state index is 14.0. The number of aryl methyl sites for hydroxylation is 2. The maximum Gasteiger partial charge on any atom is 0.416 e. The molecular formula is C19H13F4N3O3. The van der Waals surface area contributed by atoms with Crippen molar-refractivity contribution >= 4 is 22.8 Å². The Labute approximate surface area is 160 Å². The molecule has 0 aliphatic heterocycles. The van der Waals surface area contributed by atoms with Crippen LogP contribution < -0.4 is 5.32 Å². The molecule has 4 rings (SSSR count). The number of aromatic hydroxyl groups is 1. The number of rotatable bonds is 3. The van der Waals surface area contributed by atoms with Gasteiger partial charge < -0.3 is 14.8 Å². The largest absolute Gasteiger partial charge is 0.504 e. The van der Waals surface area contributed by atoms with Crippen LogP contribution in [-0.4, -0.2) is 20.8 Å². The van der Waals surface area contributed by atoms with Gasteiger partial charge in [-0.05, 0) is 25.1 Å². The van der Waals surface area contributed by atoms with Gasteiger partial charge in [0.05, 0.1) is 22.5 Å². The first-order valence-electron chi connectivity index (χ1n) is 8.32. The SMILES string of the molecule is Cc1nn(C)cc1-c1c(C(=O)Nc2cc(C(F)(F)F)ccc2F)c2cc(O)c1o2. The summed E-state index contributed by atoms with van der Waals surface area (Å²) >= 11 is 0. The molecule has 0 fully saturated rings. The molecule has 1 amide bonds. The summed E-state index contributed by atoms with van der Waals surface area (Å²) in [7, 11) is 1.66. The van der Waals surface area contributed by atoms with Crippen LogP contribution in [-0.2, 0) is 13.2 Å². The number of fused-ring (bicyclic) bond motifs is 2. The van der Waals surface area contributed by atoms with Gasteiger partial charge in [-0.25, -0.2) is 4.39 Å². The van der Waals surface area contributed by atoms with Crippen molar-refractivity contribution in [3.05, 3.63) is 53.1 Å². The molecule has 0 spiro atoms. The summed E-state index contributed by atoms with van der Waals surface area (Å²) < 4.78 is 59.7. The minimum absolute atomic E-state index is 0.0145. The summed E-state index contributed by atoms with van der Waals surface area (Å²) in [5.41, 5.74) is -0.453. The smallest absolute Gasteiger partial charge is 0.416 e. The van der Waals surface area contributed by atoms with Crippen molar-refractivity contribution in [2.45, 2.75) is 13.1 Å². The molecule has 1 aromatic carbocycles. The van der Waals surface area contributed by atoms with E-state index in [-0.39, 0.29) is 28.0 Å². The molecule has 0 aliphatic rings. The van der Waals surface area contributed by atoms with E-state index >= 15 is 0 Å². The van der Waals surface area contributed by atoms with Crippen LogP contribution in [0.4, 0.5) is 23.2 Å². The number of carbonyl (C=O) groups is 1. The number of aromatic nitrogens is 2. The van der Waals surface area contributed by atoms with Crippen molar-refractivity contribution in [2.24, 2.45) is 7.05 Å². The van der Waals surface area contributed by atoms with Crippen LogP contribution in [0.2, 0.25) is 0 Å². The fourth-order valence-corrected chi connectivity index (χ4v) is 3.23. The number of amides is 1. The van der Waals surface area contributed by atoms with Gasteiger partial charge in [-0.1, -0.05) is 0 Å².